The summed E-state index contributed by atoms with van der Waals surface area (Å²) in [6.07, 6.45) is 2.38. The highest BCUT2D eigenvalue weighted by atomic mass is 16.7. The molecule has 0 unspecified atom stereocenters. The average Bonchev–Trinajstić information content (AvgIpc) is 3.12. The van der Waals surface area contributed by atoms with Crippen LogP contribution in [0.15, 0.2) is 22.8 Å². The second-order valence-corrected chi connectivity index (χ2v) is 3.80. The van der Waals surface area contributed by atoms with E-state index >= 15 is 0 Å². The number of hydrogen-bond acceptors (Lipinski definition) is 6. The van der Waals surface area contributed by atoms with Crippen LogP contribution in [-0.4, -0.2) is 44.3 Å². The Bertz CT molecular complexity index is 529. The molecule has 0 spiro atoms. The van der Waals surface area contributed by atoms with Gasteiger partial charge in [-0.05, 0) is 23.8 Å². The number of furan rings is 1. The number of rotatable bonds is 3. The standard InChI is InChI=1S/C10H11N5O3/c16-9(14-4-2-6-18-14)7-15-12-10(11-13-15)8-3-1-5-17-8/h1,3,5H,2,4,6-7H2. The van der Waals surface area contributed by atoms with E-state index in [2.05, 4.69) is 15.4 Å². The Morgan fingerprint density at radius 2 is 2.44 bits per heavy atom. The van der Waals surface area contributed by atoms with E-state index in [-0.39, 0.29) is 12.5 Å². The molecule has 8 heteroatoms. The molecule has 1 amide bonds. The zero-order valence-corrected chi connectivity index (χ0v) is 9.52. The minimum absolute atomic E-state index is 0.00765. The lowest BCUT2D eigenvalue weighted by molar-refractivity contribution is -0.169. The maximum absolute atomic E-state index is 11.8. The molecule has 0 bridgehead atoms. The molecular weight excluding hydrogens is 238 g/mol. The van der Waals surface area contributed by atoms with Gasteiger partial charge in [0.1, 0.15) is 6.54 Å². The molecule has 1 fully saturated rings. The zero-order valence-electron chi connectivity index (χ0n) is 9.52. The van der Waals surface area contributed by atoms with Crippen molar-refractivity contribution in [1.29, 1.82) is 0 Å². The topological polar surface area (TPSA) is 86.3 Å². The molecule has 1 saturated heterocycles. The summed E-state index contributed by atoms with van der Waals surface area (Å²) in [6.45, 7) is 1.19. The summed E-state index contributed by atoms with van der Waals surface area (Å²) < 4.78 is 5.14. The van der Waals surface area contributed by atoms with Gasteiger partial charge in [-0.2, -0.15) is 4.80 Å². The van der Waals surface area contributed by atoms with E-state index < -0.39 is 0 Å². The van der Waals surface area contributed by atoms with Gasteiger partial charge in [0.05, 0.1) is 19.4 Å². The first-order valence-corrected chi connectivity index (χ1v) is 5.58. The molecule has 0 N–H and O–H groups in total. The minimum Gasteiger partial charge on any atom is -0.461 e. The van der Waals surface area contributed by atoms with Crippen molar-refractivity contribution in [2.24, 2.45) is 0 Å². The highest BCUT2D eigenvalue weighted by Crippen LogP contribution is 2.13. The molecule has 18 heavy (non-hydrogen) atoms. The SMILES string of the molecule is O=C(Cn1nnc(-c2ccco2)n1)N1CCCO1. The van der Waals surface area contributed by atoms with Crippen molar-refractivity contribution in [3.63, 3.8) is 0 Å². The molecule has 8 nitrogen and oxygen atoms in total. The van der Waals surface area contributed by atoms with Crippen LogP contribution in [0.2, 0.25) is 0 Å². The lowest BCUT2D eigenvalue weighted by Gasteiger charge is -2.12. The van der Waals surface area contributed by atoms with Crippen molar-refractivity contribution in [1.82, 2.24) is 25.3 Å². The summed E-state index contributed by atoms with van der Waals surface area (Å²) >= 11 is 0. The maximum atomic E-state index is 11.8. The Morgan fingerprint density at radius 1 is 1.50 bits per heavy atom. The van der Waals surface area contributed by atoms with E-state index in [1.54, 1.807) is 12.1 Å². The summed E-state index contributed by atoms with van der Waals surface area (Å²) in [5.74, 6) is 0.692. The Kier molecular flexibility index (Phi) is 2.77. The van der Waals surface area contributed by atoms with Crippen LogP contribution in [0, 0.1) is 0 Å². The first-order valence-electron chi connectivity index (χ1n) is 5.58. The molecule has 0 aromatic carbocycles. The molecule has 0 aliphatic carbocycles. The van der Waals surface area contributed by atoms with Crippen molar-refractivity contribution in [2.75, 3.05) is 13.2 Å². The Hall–Kier alpha value is -2.22. The second-order valence-electron chi connectivity index (χ2n) is 3.80. The highest BCUT2D eigenvalue weighted by Gasteiger charge is 2.20. The lowest BCUT2D eigenvalue weighted by Crippen LogP contribution is -2.30. The predicted octanol–water partition coefficient (Wildman–Crippen LogP) is 0.0970. The van der Waals surface area contributed by atoms with E-state index in [4.69, 9.17) is 9.25 Å². The number of hydrogen-bond donors (Lipinski definition) is 0. The van der Waals surface area contributed by atoms with E-state index in [0.29, 0.717) is 24.7 Å². The van der Waals surface area contributed by atoms with Crippen LogP contribution in [0.4, 0.5) is 0 Å². The third-order valence-corrected chi connectivity index (χ3v) is 2.50. The summed E-state index contributed by atoms with van der Waals surface area (Å²) in [4.78, 5) is 18.1. The van der Waals surface area contributed by atoms with Gasteiger partial charge in [0.15, 0.2) is 5.76 Å². The van der Waals surface area contributed by atoms with Gasteiger partial charge >= 0.3 is 0 Å². The number of nitrogens with zero attached hydrogens (tertiary/aromatic N) is 5. The minimum atomic E-state index is -0.184. The Morgan fingerprint density at radius 3 is 3.17 bits per heavy atom. The predicted molar refractivity (Wildman–Crippen MR) is 57.8 cm³/mol. The largest absolute Gasteiger partial charge is 0.461 e. The monoisotopic (exact) mass is 249 g/mol. The molecule has 0 saturated carbocycles. The molecule has 3 rings (SSSR count). The highest BCUT2D eigenvalue weighted by molar-refractivity contribution is 5.74. The molecule has 0 atom stereocenters. The van der Waals surface area contributed by atoms with E-state index in [1.165, 1.54) is 16.1 Å². The molecule has 0 radical (unpaired) electrons. The first-order chi connectivity index (χ1) is 8.83. The number of carbonyl (C=O) groups is 1. The molecule has 2 aromatic heterocycles. The molecule has 1 aliphatic rings. The van der Waals surface area contributed by atoms with Gasteiger partial charge < -0.3 is 4.42 Å². The van der Waals surface area contributed by atoms with Gasteiger partial charge in [0.25, 0.3) is 5.91 Å². The summed E-state index contributed by atoms with van der Waals surface area (Å²) in [5.41, 5.74) is 0. The van der Waals surface area contributed by atoms with Crippen LogP contribution in [0.5, 0.6) is 0 Å². The van der Waals surface area contributed by atoms with Crippen LogP contribution in [0.1, 0.15) is 6.42 Å². The molecule has 3 heterocycles. The molecule has 94 valence electrons. The van der Waals surface area contributed by atoms with Gasteiger partial charge in [-0.1, -0.05) is 0 Å². The zero-order chi connectivity index (χ0) is 12.4. The van der Waals surface area contributed by atoms with Crippen LogP contribution >= 0.6 is 0 Å². The van der Waals surface area contributed by atoms with Gasteiger partial charge in [-0.15, -0.1) is 10.2 Å². The van der Waals surface area contributed by atoms with Gasteiger partial charge in [0.2, 0.25) is 5.82 Å². The van der Waals surface area contributed by atoms with E-state index in [0.717, 1.165) is 6.42 Å². The maximum Gasteiger partial charge on any atom is 0.269 e. The lowest BCUT2D eigenvalue weighted by atomic mass is 10.4. The van der Waals surface area contributed by atoms with E-state index in [9.17, 15) is 4.79 Å². The van der Waals surface area contributed by atoms with Crippen molar-refractivity contribution in [3.8, 4) is 11.6 Å². The third kappa shape index (κ3) is 2.09. The molecule has 2 aromatic rings. The van der Waals surface area contributed by atoms with Gasteiger partial charge in [0, 0.05) is 0 Å². The van der Waals surface area contributed by atoms with Crippen LogP contribution in [0.25, 0.3) is 11.6 Å². The first kappa shape index (κ1) is 10.9. The number of amides is 1. The quantitative estimate of drug-likeness (QED) is 0.766. The fourth-order valence-electron chi connectivity index (χ4n) is 1.66. The Labute approximate surface area is 102 Å². The Balaban J connectivity index is 1.68. The normalized spacial score (nSPS) is 15.2. The molecular formula is C10H11N5O3. The van der Waals surface area contributed by atoms with Crippen LogP contribution in [0.3, 0.4) is 0 Å². The third-order valence-electron chi connectivity index (χ3n) is 2.50. The van der Waals surface area contributed by atoms with E-state index in [1.807, 2.05) is 0 Å². The number of hydroxylamine groups is 2. The van der Waals surface area contributed by atoms with Crippen molar-refractivity contribution >= 4 is 5.91 Å². The van der Waals surface area contributed by atoms with Crippen molar-refractivity contribution in [2.45, 2.75) is 13.0 Å². The second kappa shape index (κ2) is 4.57. The van der Waals surface area contributed by atoms with Crippen molar-refractivity contribution in [3.05, 3.63) is 18.4 Å². The van der Waals surface area contributed by atoms with Gasteiger partial charge in [-0.25, -0.2) is 5.06 Å². The number of aromatic nitrogens is 4. The van der Waals surface area contributed by atoms with Crippen LogP contribution in [-0.2, 0) is 16.2 Å². The van der Waals surface area contributed by atoms with Crippen molar-refractivity contribution < 1.29 is 14.0 Å². The summed E-state index contributed by atoms with van der Waals surface area (Å²) in [6, 6.07) is 3.46. The number of carbonyl (C=O) groups excluding carboxylic acids is 1. The fourth-order valence-corrected chi connectivity index (χ4v) is 1.66. The number of tetrazole rings is 1. The smallest absolute Gasteiger partial charge is 0.269 e. The van der Waals surface area contributed by atoms with Crippen LogP contribution < -0.4 is 0 Å². The fraction of sp³-hybridized carbons (Fsp3) is 0.400. The summed E-state index contributed by atoms with van der Waals surface area (Å²) in [5, 5.41) is 13.0. The summed E-state index contributed by atoms with van der Waals surface area (Å²) in [7, 11) is 0. The molecule has 1 aliphatic heterocycles. The van der Waals surface area contributed by atoms with Gasteiger partial charge in [-0.3, -0.25) is 9.63 Å². The average molecular weight is 249 g/mol.